The lowest BCUT2D eigenvalue weighted by molar-refractivity contribution is 0.0385. The third-order valence-electron chi connectivity index (χ3n) is 5.40. The van der Waals surface area contributed by atoms with Crippen LogP contribution < -0.4 is 5.32 Å². The Bertz CT molecular complexity index is 751. The molecule has 1 aromatic carbocycles. The van der Waals surface area contributed by atoms with Gasteiger partial charge in [-0.1, -0.05) is 18.2 Å². The molecule has 2 amide bonds. The van der Waals surface area contributed by atoms with Crippen molar-refractivity contribution in [2.24, 2.45) is 0 Å². The van der Waals surface area contributed by atoms with Crippen LogP contribution in [0, 0.1) is 0 Å². The second-order valence-corrected chi connectivity index (χ2v) is 6.87. The number of benzene rings is 1. The first-order valence-electron chi connectivity index (χ1n) is 9.18. The predicted molar refractivity (Wildman–Crippen MR) is 97.8 cm³/mol. The van der Waals surface area contributed by atoms with Crippen molar-refractivity contribution < 1.29 is 9.53 Å². The number of fused-ring (bicyclic) bond motifs is 3. The molecule has 0 saturated carbocycles. The number of rotatable bonds is 3. The first-order chi connectivity index (χ1) is 12.2. The van der Waals surface area contributed by atoms with Crippen LogP contribution in [0.4, 0.5) is 4.79 Å². The van der Waals surface area contributed by atoms with Crippen molar-refractivity contribution in [2.75, 3.05) is 45.9 Å². The summed E-state index contributed by atoms with van der Waals surface area (Å²) >= 11 is 0. The van der Waals surface area contributed by atoms with Crippen LogP contribution in [-0.2, 0) is 11.2 Å². The number of carbonyl (C=O) groups is 1. The lowest BCUT2D eigenvalue weighted by Crippen LogP contribution is -2.47. The second kappa shape index (κ2) is 7.06. The van der Waals surface area contributed by atoms with E-state index in [2.05, 4.69) is 40.3 Å². The molecule has 134 valence electrons. The fourth-order valence-electron chi connectivity index (χ4n) is 3.95. The van der Waals surface area contributed by atoms with E-state index < -0.39 is 0 Å². The van der Waals surface area contributed by atoms with Crippen molar-refractivity contribution in [2.45, 2.75) is 19.4 Å². The molecule has 2 aliphatic rings. The van der Waals surface area contributed by atoms with Gasteiger partial charge in [0.2, 0.25) is 0 Å². The van der Waals surface area contributed by atoms with Crippen LogP contribution in [0.2, 0.25) is 0 Å². The van der Waals surface area contributed by atoms with E-state index in [1.807, 2.05) is 11.0 Å². The van der Waals surface area contributed by atoms with E-state index in [1.165, 1.54) is 16.6 Å². The summed E-state index contributed by atoms with van der Waals surface area (Å²) in [4.78, 5) is 20.4. The first kappa shape index (κ1) is 16.4. The molecule has 1 saturated heterocycles. The molecule has 1 atom stereocenters. The number of carbonyl (C=O) groups excluding carboxylic acids is 1. The highest BCUT2D eigenvalue weighted by molar-refractivity contribution is 5.86. The predicted octanol–water partition coefficient (Wildman–Crippen LogP) is 2.13. The lowest BCUT2D eigenvalue weighted by atomic mass is 9.98. The summed E-state index contributed by atoms with van der Waals surface area (Å²) in [6, 6.07) is 8.49. The summed E-state index contributed by atoms with van der Waals surface area (Å²) < 4.78 is 5.35. The van der Waals surface area contributed by atoms with E-state index in [9.17, 15) is 4.79 Å². The quantitative estimate of drug-likeness (QED) is 0.898. The highest BCUT2D eigenvalue weighted by Crippen LogP contribution is 2.33. The number of aromatic nitrogens is 1. The molecule has 6 nitrogen and oxygen atoms in total. The number of para-hydroxylation sites is 1. The standard InChI is InChI=1S/C19H26N4O2/c1-14-18-16(15-4-2-3-5-17(15)21-18)6-8-23(14)19(24)20-7-9-22-10-12-25-13-11-22/h2-5,14,21H,6-13H2,1H3,(H,20,24)/t14-/m1/s1. The van der Waals surface area contributed by atoms with Crippen molar-refractivity contribution in [3.8, 4) is 0 Å². The van der Waals surface area contributed by atoms with Crippen molar-refractivity contribution in [3.63, 3.8) is 0 Å². The zero-order valence-corrected chi connectivity index (χ0v) is 14.8. The van der Waals surface area contributed by atoms with Gasteiger partial charge >= 0.3 is 6.03 Å². The molecule has 0 spiro atoms. The number of hydrogen-bond donors (Lipinski definition) is 2. The normalized spacial score (nSPS) is 21.3. The fraction of sp³-hybridized carbons (Fsp3) is 0.526. The molecule has 0 unspecified atom stereocenters. The number of aromatic amines is 1. The number of hydrogen-bond acceptors (Lipinski definition) is 3. The van der Waals surface area contributed by atoms with Gasteiger partial charge in [-0.05, 0) is 25.0 Å². The zero-order chi connectivity index (χ0) is 17.2. The van der Waals surface area contributed by atoms with Crippen molar-refractivity contribution in [3.05, 3.63) is 35.5 Å². The van der Waals surface area contributed by atoms with Crippen LogP contribution in [-0.4, -0.2) is 66.8 Å². The van der Waals surface area contributed by atoms with Gasteiger partial charge in [0.05, 0.1) is 19.3 Å². The van der Waals surface area contributed by atoms with Crippen molar-refractivity contribution in [1.82, 2.24) is 20.1 Å². The smallest absolute Gasteiger partial charge is 0.318 e. The molecule has 3 heterocycles. The summed E-state index contributed by atoms with van der Waals surface area (Å²) in [5, 5.41) is 4.37. The number of nitrogens with zero attached hydrogens (tertiary/aromatic N) is 2. The average Bonchev–Trinajstić information content (AvgIpc) is 3.03. The molecule has 1 fully saturated rings. The molecule has 4 rings (SSSR count). The van der Waals surface area contributed by atoms with Gasteiger partial charge in [0.15, 0.2) is 0 Å². The molecule has 6 heteroatoms. The van der Waals surface area contributed by atoms with Gasteiger partial charge in [0.1, 0.15) is 0 Å². The monoisotopic (exact) mass is 342 g/mol. The van der Waals surface area contributed by atoms with Gasteiger partial charge in [-0.3, -0.25) is 4.90 Å². The van der Waals surface area contributed by atoms with E-state index in [0.717, 1.165) is 51.3 Å². The molecule has 2 N–H and O–H groups in total. The number of amides is 2. The lowest BCUT2D eigenvalue weighted by Gasteiger charge is -2.34. The largest absolute Gasteiger partial charge is 0.379 e. The van der Waals surface area contributed by atoms with Crippen LogP contribution >= 0.6 is 0 Å². The maximum atomic E-state index is 12.6. The maximum absolute atomic E-state index is 12.6. The van der Waals surface area contributed by atoms with Gasteiger partial charge < -0.3 is 19.9 Å². The van der Waals surface area contributed by atoms with E-state index in [1.54, 1.807) is 0 Å². The second-order valence-electron chi connectivity index (χ2n) is 6.87. The summed E-state index contributed by atoms with van der Waals surface area (Å²) in [6.45, 7) is 7.92. The molecule has 1 aromatic heterocycles. The fourth-order valence-corrected chi connectivity index (χ4v) is 3.95. The number of H-pyrrole nitrogens is 1. The number of urea groups is 1. The maximum Gasteiger partial charge on any atom is 0.318 e. The molecule has 2 aliphatic heterocycles. The van der Waals surface area contributed by atoms with E-state index in [0.29, 0.717) is 6.54 Å². The minimum Gasteiger partial charge on any atom is -0.379 e. The molecular formula is C19H26N4O2. The average molecular weight is 342 g/mol. The molecule has 0 aliphatic carbocycles. The first-order valence-corrected chi connectivity index (χ1v) is 9.18. The van der Waals surface area contributed by atoms with Gasteiger partial charge in [0, 0.05) is 49.3 Å². The molecule has 2 aromatic rings. The Morgan fingerprint density at radius 1 is 1.28 bits per heavy atom. The summed E-state index contributed by atoms with van der Waals surface area (Å²) in [7, 11) is 0. The van der Waals surface area contributed by atoms with Crippen LogP contribution in [0.15, 0.2) is 24.3 Å². The number of ether oxygens (including phenoxy) is 1. The number of morpholine rings is 1. The number of nitrogens with one attached hydrogen (secondary N) is 2. The Balaban J connectivity index is 1.38. The summed E-state index contributed by atoms with van der Waals surface area (Å²) in [5.74, 6) is 0. The zero-order valence-electron chi connectivity index (χ0n) is 14.8. The molecule has 0 bridgehead atoms. The SMILES string of the molecule is C[C@@H]1c2[nH]c3ccccc3c2CCN1C(=O)NCCN1CCOCC1. The van der Waals surface area contributed by atoms with Crippen LogP contribution in [0.1, 0.15) is 24.2 Å². The van der Waals surface area contributed by atoms with Crippen LogP contribution in [0.5, 0.6) is 0 Å². The topological polar surface area (TPSA) is 60.6 Å². The van der Waals surface area contributed by atoms with Crippen LogP contribution in [0.3, 0.4) is 0 Å². The van der Waals surface area contributed by atoms with Gasteiger partial charge in [0.25, 0.3) is 0 Å². The van der Waals surface area contributed by atoms with Crippen molar-refractivity contribution in [1.29, 1.82) is 0 Å². The van der Waals surface area contributed by atoms with Crippen molar-refractivity contribution >= 4 is 16.9 Å². The van der Waals surface area contributed by atoms with E-state index in [-0.39, 0.29) is 12.1 Å². The van der Waals surface area contributed by atoms with Crippen LogP contribution in [0.25, 0.3) is 10.9 Å². The molecular weight excluding hydrogens is 316 g/mol. The Morgan fingerprint density at radius 3 is 2.92 bits per heavy atom. The third kappa shape index (κ3) is 3.24. The summed E-state index contributed by atoms with van der Waals surface area (Å²) in [6.07, 6.45) is 0.903. The minimum absolute atomic E-state index is 0.0325. The molecule has 0 radical (unpaired) electrons. The van der Waals surface area contributed by atoms with Gasteiger partial charge in [-0.15, -0.1) is 0 Å². The molecule has 25 heavy (non-hydrogen) atoms. The van der Waals surface area contributed by atoms with E-state index in [4.69, 9.17) is 4.74 Å². The highest BCUT2D eigenvalue weighted by atomic mass is 16.5. The van der Waals surface area contributed by atoms with Gasteiger partial charge in [-0.25, -0.2) is 4.79 Å². The Kier molecular flexibility index (Phi) is 4.63. The Morgan fingerprint density at radius 2 is 2.08 bits per heavy atom. The van der Waals surface area contributed by atoms with Gasteiger partial charge in [-0.2, -0.15) is 0 Å². The third-order valence-corrected chi connectivity index (χ3v) is 5.40. The Hall–Kier alpha value is -2.05. The Labute approximate surface area is 148 Å². The van der Waals surface area contributed by atoms with E-state index >= 15 is 0 Å². The highest BCUT2D eigenvalue weighted by Gasteiger charge is 2.30. The minimum atomic E-state index is 0.0325. The summed E-state index contributed by atoms with van der Waals surface area (Å²) in [5.41, 5.74) is 3.70.